The maximum absolute atomic E-state index is 12.6. The first kappa shape index (κ1) is 20.3. The van der Waals surface area contributed by atoms with Crippen LogP contribution >= 0.6 is 11.3 Å². The zero-order valence-electron chi connectivity index (χ0n) is 16.4. The molecule has 148 valence electrons. The number of benzene rings is 1. The summed E-state index contributed by atoms with van der Waals surface area (Å²) >= 11 is 1.26. The molecule has 7 heteroatoms. The number of aryl methyl sites for hydroxylation is 1. The van der Waals surface area contributed by atoms with Gasteiger partial charge >= 0.3 is 0 Å². The van der Waals surface area contributed by atoms with Gasteiger partial charge in [0.1, 0.15) is 9.96 Å². The van der Waals surface area contributed by atoms with E-state index >= 15 is 0 Å². The fourth-order valence-electron chi connectivity index (χ4n) is 3.31. The second kappa shape index (κ2) is 7.54. The van der Waals surface area contributed by atoms with Gasteiger partial charge in [-0.1, -0.05) is 39.0 Å². The van der Waals surface area contributed by atoms with Crippen LogP contribution in [0.3, 0.4) is 0 Å². The molecule has 0 radical (unpaired) electrons. The number of hydrogen-bond donors (Lipinski definition) is 1. The fraction of sp³-hybridized carbons (Fsp3) is 0.500. The third-order valence-electron chi connectivity index (χ3n) is 5.06. The molecule has 2 aromatic rings. The van der Waals surface area contributed by atoms with Crippen molar-refractivity contribution < 1.29 is 13.5 Å². The van der Waals surface area contributed by atoms with Crippen molar-refractivity contribution >= 4 is 21.4 Å². The van der Waals surface area contributed by atoms with Crippen LogP contribution in [0.4, 0.5) is 0 Å². The van der Waals surface area contributed by atoms with E-state index in [9.17, 15) is 13.5 Å². The van der Waals surface area contributed by atoms with Crippen LogP contribution in [0.5, 0.6) is 5.75 Å². The molecule has 1 aliphatic rings. The van der Waals surface area contributed by atoms with Crippen LogP contribution in [-0.4, -0.2) is 48.9 Å². The van der Waals surface area contributed by atoms with Crippen LogP contribution in [0.1, 0.15) is 37.5 Å². The fourth-order valence-corrected chi connectivity index (χ4v) is 5.88. The lowest BCUT2D eigenvalue weighted by molar-refractivity contribution is 0.180. The third-order valence-corrected chi connectivity index (χ3v) is 8.33. The lowest BCUT2D eigenvalue weighted by Gasteiger charge is -2.34. The van der Waals surface area contributed by atoms with Crippen LogP contribution in [0, 0.1) is 6.92 Å². The van der Waals surface area contributed by atoms with E-state index in [4.69, 9.17) is 0 Å². The van der Waals surface area contributed by atoms with E-state index in [2.05, 4.69) is 31.7 Å². The van der Waals surface area contributed by atoms with E-state index in [1.807, 2.05) is 13.0 Å². The normalized spacial score (nSPS) is 17.3. The molecule has 2 heterocycles. The average Bonchev–Trinajstić information content (AvgIpc) is 3.14. The predicted octanol–water partition coefficient (Wildman–Crippen LogP) is 3.57. The smallest absolute Gasteiger partial charge is 0.252 e. The molecule has 1 aromatic carbocycles. The van der Waals surface area contributed by atoms with Crippen molar-refractivity contribution in [2.45, 2.75) is 43.9 Å². The van der Waals surface area contributed by atoms with Gasteiger partial charge in [-0.25, -0.2) is 8.42 Å². The molecule has 1 aliphatic heterocycles. The van der Waals surface area contributed by atoms with E-state index in [1.165, 1.54) is 16.9 Å². The van der Waals surface area contributed by atoms with E-state index in [0.717, 1.165) is 11.1 Å². The average molecular weight is 409 g/mol. The second-order valence-electron chi connectivity index (χ2n) is 8.16. The van der Waals surface area contributed by atoms with Crippen molar-refractivity contribution in [1.82, 2.24) is 9.21 Å². The largest absolute Gasteiger partial charge is 0.507 e. The first-order valence-corrected chi connectivity index (χ1v) is 11.5. The van der Waals surface area contributed by atoms with Crippen molar-refractivity contribution in [3.63, 3.8) is 0 Å². The molecule has 0 amide bonds. The lowest BCUT2D eigenvalue weighted by atomic mass is 9.85. The quantitative estimate of drug-likeness (QED) is 0.840. The number of sulfonamides is 1. The summed E-state index contributed by atoms with van der Waals surface area (Å²) in [5.41, 5.74) is 3.01. The number of piperazine rings is 1. The van der Waals surface area contributed by atoms with Crippen molar-refractivity contribution in [2.24, 2.45) is 0 Å². The van der Waals surface area contributed by atoms with Gasteiger partial charge in [-0.15, -0.1) is 11.3 Å². The van der Waals surface area contributed by atoms with Crippen LogP contribution in [-0.2, 0) is 22.0 Å². The van der Waals surface area contributed by atoms with Crippen LogP contribution < -0.4 is 0 Å². The molecule has 1 aromatic heterocycles. The number of thiophene rings is 1. The molecule has 27 heavy (non-hydrogen) atoms. The molecule has 0 saturated carbocycles. The molecular weight excluding hydrogens is 380 g/mol. The van der Waals surface area contributed by atoms with Crippen molar-refractivity contribution in [1.29, 1.82) is 0 Å². The SMILES string of the molecule is Cc1cc(C(C)(C)C)cc(CN2CCN(S(=O)(=O)c3cccs3)CC2)c1O. The highest BCUT2D eigenvalue weighted by molar-refractivity contribution is 7.91. The number of hydrogen-bond acceptors (Lipinski definition) is 5. The Bertz CT molecular complexity index is 892. The molecule has 1 fully saturated rings. The summed E-state index contributed by atoms with van der Waals surface area (Å²) in [5.74, 6) is 0.344. The monoisotopic (exact) mass is 408 g/mol. The number of nitrogens with zero attached hydrogens (tertiary/aromatic N) is 2. The summed E-state index contributed by atoms with van der Waals surface area (Å²) in [6.45, 7) is 11.3. The van der Waals surface area contributed by atoms with Crippen LogP contribution in [0.25, 0.3) is 0 Å². The Morgan fingerprint density at radius 2 is 1.81 bits per heavy atom. The van der Waals surface area contributed by atoms with Crippen molar-refractivity contribution in [3.05, 3.63) is 46.3 Å². The summed E-state index contributed by atoms with van der Waals surface area (Å²) in [6, 6.07) is 7.55. The van der Waals surface area contributed by atoms with Gasteiger partial charge in [-0.2, -0.15) is 4.31 Å². The number of phenolic OH excluding ortho intramolecular Hbond substituents is 1. The Morgan fingerprint density at radius 3 is 2.37 bits per heavy atom. The molecule has 5 nitrogen and oxygen atoms in total. The third kappa shape index (κ3) is 4.37. The molecule has 3 rings (SSSR count). The molecule has 0 aliphatic carbocycles. The summed E-state index contributed by atoms with van der Waals surface area (Å²) in [5, 5.41) is 12.3. The highest BCUT2D eigenvalue weighted by atomic mass is 32.2. The van der Waals surface area contributed by atoms with Crippen LogP contribution in [0.15, 0.2) is 33.9 Å². The molecular formula is C20H28N2O3S2. The van der Waals surface area contributed by atoms with Crippen molar-refractivity contribution in [3.8, 4) is 5.75 Å². The molecule has 0 spiro atoms. The lowest BCUT2D eigenvalue weighted by Crippen LogP contribution is -2.48. The van der Waals surface area contributed by atoms with Crippen molar-refractivity contribution in [2.75, 3.05) is 26.2 Å². The number of phenols is 1. The molecule has 0 bridgehead atoms. The summed E-state index contributed by atoms with van der Waals surface area (Å²) in [4.78, 5) is 2.21. The van der Waals surface area contributed by atoms with Gasteiger partial charge in [-0.05, 0) is 34.9 Å². The minimum atomic E-state index is -3.38. The number of aromatic hydroxyl groups is 1. The zero-order chi connectivity index (χ0) is 19.8. The Kier molecular flexibility index (Phi) is 5.68. The molecule has 1 N–H and O–H groups in total. The highest BCUT2D eigenvalue weighted by Gasteiger charge is 2.29. The maximum atomic E-state index is 12.6. The van der Waals surface area contributed by atoms with Gasteiger partial charge in [0, 0.05) is 38.3 Å². The van der Waals surface area contributed by atoms with Gasteiger partial charge in [0.25, 0.3) is 10.0 Å². The van der Waals surface area contributed by atoms with Gasteiger partial charge in [0.05, 0.1) is 0 Å². The van der Waals surface area contributed by atoms with E-state index in [-0.39, 0.29) is 5.41 Å². The maximum Gasteiger partial charge on any atom is 0.252 e. The Balaban J connectivity index is 1.70. The van der Waals surface area contributed by atoms with Gasteiger partial charge in [0.15, 0.2) is 0 Å². The molecule has 0 atom stereocenters. The molecule has 0 unspecified atom stereocenters. The standard InChI is InChI=1S/C20H28N2O3S2/c1-15-12-17(20(2,3)4)13-16(19(15)23)14-21-7-9-22(10-8-21)27(24,25)18-6-5-11-26-18/h5-6,11-13,23H,7-10,14H2,1-4H3. The summed E-state index contributed by atoms with van der Waals surface area (Å²) in [7, 11) is -3.38. The Hall–Kier alpha value is -1.41. The van der Waals surface area contributed by atoms with Gasteiger partial charge < -0.3 is 5.11 Å². The predicted molar refractivity (Wildman–Crippen MR) is 110 cm³/mol. The minimum absolute atomic E-state index is 0.0146. The van der Waals surface area contributed by atoms with E-state index in [1.54, 1.807) is 21.8 Å². The first-order chi connectivity index (χ1) is 12.6. The summed E-state index contributed by atoms with van der Waals surface area (Å²) < 4.78 is 27.3. The first-order valence-electron chi connectivity index (χ1n) is 9.18. The zero-order valence-corrected chi connectivity index (χ0v) is 18.0. The number of rotatable bonds is 4. The highest BCUT2D eigenvalue weighted by Crippen LogP contribution is 2.32. The minimum Gasteiger partial charge on any atom is -0.507 e. The Morgan fingerprint density at radius 1 is 1.15 bits per heavy atom. The van der Waals surface area contributed by atoms with E-state index < -0.39 is 10.0 Å². The summed E-state index contributed by atoms with van der Waals surface area (Å²) in [6.07, 6.45) is 0. The second-order valence-corrected chi connectivity index (χ2v) is 11.3. The van der Waals surface area contributed by atoms with Crippen LogP contribution in [0.2, 0.25) is 0 Å². The van der Waals surface area contributed by atoms with Gasteiger partial charge in [0.2, 0.25) is 0 Å². The molecule has 1 saturated heterocycles. The topological polar surface area (TPSA) is 60.9 Å². The Labute approximate surface area is 166 Å². The van der Waals surface area contributed by atoms with Gasteiger partial charge in [-0.3, -0.25) is 4.90 Å². The van der Waals surface area contributed by atoms with E-state index in [0.29, 0.717) is 42.7 Å².